The smallest absolute Gasteiger partial charge is 0.384 e. The Labute approximate surface area is 145 Å². The molecule has 0 aromatic carbocycles. The van der Waals surface area contributed by atoms with E-state index in [0.29, 0.717) is 0 Å². The van der Waals surface area contributed by atoms with E-state index in [2.05, 4.69) is 0 Å². The second-order valence-electron chi connectivity index (χ2n) is 6.58. The first kappa shape index (κ1) is 25.2. The average molecular weight is 330 g/mol. The highest BCUT2D eigenvalue weighted by molar-refractivity contribution is 6.36. The van der Waals surface area contributed by atoms with Crippen molar-refractivity contribution < 1.29 is 23.4 Å². The van der Waals surface area contributed by atoms with Gasteiger partial charge in [0.2, 0.25) is 0 Å². The molecule has 0 N–H and O–H groups in total. The molecule has 0 atom stereocenters. The van der Waals surface area contributed by atoms with Crippen LogP contribution < -0.4 is 0 Å². The second-order valence-corrected chi connectivity index (χ2v) is 6.58. The SMILES string of the molecule is CC(C)OB(OC(C)C)OC(C)C.[B]C(OC(C)C)OC(C)C. The molecule has 0 aliphatic heterocycles. The highest BCUT2D eigenvalue weighted by Gasteiger charge is 2.25. The van der Waals surface area contributed by atoms with Gasteiger partial charge >= 0.3 is 7.32 Å². The van der Waals surface area contributed by atoms with E-state index in [4.69, 9.17) is 31.3 Å². The van der Waals surface area contributed by atoms with Crippen LogP contribution in [-0.4, -0.2) is 51.9 Å². The van der Waals surface area contributed by atoms with E-state index in [0.717, 1.165) is 0 Å². The molecular weight excluding hydrogens is 294 g/mol. The number of ether oxygens (including phenoxy) is 2. The molecule has 0 rings (SSSR count). The molecule has 7 heteroatoms. The van der Waals surface area contributed by atoms with E-state index in [1.54, 1.807) is 0 Å². The van der Waals surface area contributed by atoms with Gasteiger partial charge in [-0.2, -0.15) is 0 Å². The van der Waals surface area contributed by atoms with Gasteiger partial charge in [0.15, 0.2) is 0 Å². The molecule has 136 valence electrons. The zero-order valence-electron chi connectivity index (χ0n) is 16.7. The van der Waals surface area contributed by atoms with Gasteiger partial charge in [0.05, 0.1) is 12.2 Å². The lowest BCUT2D eigenvalue weighted by Gasteiger charge is -2.20. The third kappa shape index (κ3) is 21.9. The third-order valence-corrected chi connectivity index (χ3v) is 1.96. The fourth-order valence-electron chi connectivity index (χ4n) is 1.33. The topological polar surface area (TPSA) is 46.2 Å². The van der Waals surface area contributed by atoms with Gasteiger partial charge < -0.3 is 23.4 Å². The van der Waals surface area contributed by atoms with E-state index in [9.17, 15) is 0 Å². The van der Waals surface area contributed by atoms with Crippen LogP contribution in [0, 0.1) is 0 Å². The van der Waals surface area contributed by atoms with E-state index in [1.807, 2.05) is 69.2 Å². The Hall–Kier alpha value is -0.0701. The molecule has 0 unspecified atom stereocenters. The molecule has 0 aliphatic carbocycles. The van der Waals surface area contributed by atoms with Gasteiger partial charge in [0.25, 0.3) is 0 Å². The minimum atomic E-state index is -0.583. The number of hydrogen-bond donors (Lipinski definition) is 0. The summed E-state index contributed by atoms with van der Waals surface area (Å²) in [5.41, 5.74) is 0. The molecule has 0 spiro atoms. The van der Waals surface area contributed by atoms with E-state index < -0.39 is 13.5 Å². The lowest BCUT2D eigenvalue weighted by atomic mass is 10.1. The van der Waals surface area contributed by atoms with Crippen molar-refractivity contribution in [1.82, 2.24) is 0 Å². The van der Waals surface area contributed by atoms with Gasteiger partial charge in [-0.3, -0.25) is 0 Å². The normalized spacial score (nSPS) is 11.8. The maximum atomic E-state index is 5.43. The molecular formula is C16H36B2O5. The van der Waals surface area contributed by atoms with Gasteiger partial charge in [-0.25, -0.2) is 0 Å². The highest BCUT2D eigenvalue weighted by atomic mass is 16.7. The van der Waals surface area contributed by atoms with Crippen LogP contribution in [0.4, 0.5) is 0 Å². The first-order chi connectivity index (χ1) is 10.4. The summed E-state index contributed by atoms with van der Waals surface area (Å²) in [7, 11) is 4.89. The molecule has 5 nitrogen and oxygen atoms in total. The van der Waals surface area contributed by atoms with Crippen LogP contribution in [0.2, 0.25) is 0 Å². The summed E-state index contributed by atoms with van der Waals surface area (Å²) in [6.45, 7) is 19.4. The van der Waals surface area contributed by atoms with Crippen molar-refractivity contribution in [2.24, 2.45) is 0 Å². The van der Waals surface area contributed by atoms with Crippen LogP contribution in [-0.2, 0) is 23.4 Å². The van der Waals surface area contributed by atoms with Crippen molar-refractivity contribution in [1.29, 1.82) is 0 Å². The first-order valence-electron chi connectivity index (χ1n) is 8.46. The van der Waals surface area contributed by atoms with Crippen LogP contribution in [0.1, 0.15) is 69.2 Å². The van der Waals surface area contributed by atoms with Crippen LogP contribution in [0.5, 0.6) is 0 Å². The van der Waals surface area contributed by atoms with Crippen LogP contribution in [0.15, 0.2) is 0 Å². The molecule has 0 saturated carbocycles. The Kier molecular flexibility index (Phi) is 15.6. The predicted octanol–water partition coefficient (Wildman–Crippen LogP) is 3.53. The summed E-state index contributed by atoms with van der Waals surface area (Å²) in [6, 6.07) is 0. The molecule has 23 heavy (non-hydrogen) atoms. The summed E-state index contributed by atoms with van der Waals surface area (Å²) < 4.78 is 26.5. The molecule has 0 saturated heterocycles. The van der Waals surface area contributed by atoms with Gasteiger partial charge in [-0.05, 0) is 69.2 Å². The van der Waals surface area contributed by atoms with Crippen molar-refractivity contribution in [2.45, 2.75) is 106 Å². The summed E-state index contributed by atoms with van der Waals surface area (Å²) in [4.78, 5) is 0. The molecule has 0 aliphatic rings. The molecule has 0 aromatic heterocycles. The summed E-state index contributed by atoms with van der Waals surface area (Å²) in [5.74, 6) is 0. The van der Waals surface area contributed by atoms with Crippen molar-refractivity contribution in [3.63, 3.8) is 0 Å². The van der Waals surface area contributed by atoms with Crippen molar-refractivity contribution in [3.05, 3.63) is 0 Å². The number of rotatable bonds is 10. The zero-order chi connectivity index (χ0) is 18.6. The third-order valence-electron chi connectivity index (χ3n) is 1.96. The van der Waals surface area contributed by atoms with E-state index >= 15 is 0 Å². The quantitative estimate of drug-likeness (QED) is 0.453. The molecule has 0 bridgehead atoms. The van der Waals surface area contributed by atoms with Crippen LogP contribution in [0.3, 0.4) is 0 Å². The largest absolute Gasteiger partial charge is 0.639 e. The molecule has 0 fully saturated rings. The van der Waals surface area contributed by atoms with Crippen molar-refractivity contribution >= 4 is 15.2 Å². The van der Waals surface area contributed by atoms with Crippen LogP contribution in [0.25, 0.3) is 0 Å². The van der Waals surface area contributed by atoms with E-state index in [1.165, 1.54) is 0 Å². The molecule has 0 amide bonds. The first-order valence-corrected chi connectivity index (χ1v) is 8.46. The van der Waals surface area contributed by atoms with Gasteiger partial charge in [0.1, 0.15) is 14.0 Å². The Balaban J connectivity index is 0. The Morgan fingerprint density at radius 3 is 0.957 bits per heavy atom. The summed E-state index contributed by atoms with van der Waals surface area (Å²) in [5, 5.41) is 0. The highest BCUT2D eigenvalue weighted by Crippen LogP contribution is 2.04. The standard InChI is InChI=1S/C9H21BO3.C7H15BO2/c1-7(2)11-10(12-8(3)4)13-9(5)6;1-5(2)9-7(8)10-6(3)4/h7-9H,1-6H3;5-7H,1-4H3. The Morgan fingerprint density at radius 2 is 0.783 bits per heavy atom. The number of hydrogen-bond acceptors (Lipinski definition) is 5. The fraction of sp³-hybridized carbons (Fsp3) is 1.00. The lowest BCUT2D eigenvalue weighted by Crippen LogP contribution is -2.34. The Morgan fingerprint density at radius 1 is 0.522 bits per heavy atom. The van der Waals surface area contributed by atoms with Crippen LogP contribution >= 0.6 is 0 Å². The minimum absolute atomic E-state index is 0.113. The molecule has 2 radical (unpaired) electrons. The zero-order valence-corrected chi connectivity index (χ0v) is 16.7. The molecule has 0 aromatic rings. The minimum Gasteiger partial charge on any atom is -0.384 e. The maximum absolute atomic E-state index is 5.43. The van der Waals surface area contributed by atoms with Crippen molar-refractivity contribution in [3.8, 4) is 0 Å². The second kappa shape index (κ2) is 14.3. The van der Waals surface area contributed by atoms with Gasteiger partial charge in [-0.1, -0.05) is 0 Å². The monoisotopic (exact) mass is 330 g/mol. The lowest BCUT2D eigenvalue weighted by molar-refractivity contribution is -0.131. The van der Waals surface area contributed by atoms with E-state index in [-0.39, 0.29) is 30.5 Å². The molecule has 0 heterocycles. The predicted molar refractivity (Wildman–Crippen MR) is 96.4 cm³/mol. The maximum Gasteiger partial charge on any atom is 0.639 e. The average Bonchev–Trinajstić information content (AvgIpc) is 2.23. The van der Waals surface area contributed by atoms with Gasteiger partial charge in [0, 0.05) is 18.3 Å². The fourth-order valence-corrected chi connectivity index (χ4v) is 1.33. The summed E-state index contributed by atoms with van der Waals surface area (Å²) >= 11 is 0. The summed E-state index contributed by atoms with van der Waals surface area (Å²) in [6.07, 6.45) is -0.00463. The van der Waals surface area contributed by atoms with Gasteiger partial charge in [-0.15, -0.1) is 0 Å². The Bertz CT molecular complexity index is 227. The van der Waals surface area contributed by atoms with Crippen molar-refractivity contribution in [2.75, 3.05) is 0 Å².